The number of nitrogens with one attached hydrogen (secondary N) is 1. The van der Waals surface area contributed by atoms with Gasteiger partial charge in [-0.2, -0.15) is 0 Å². The van der Waals surface area contributed by atoms with E-state index in [1.54, 1.807) is 26.0 Å². The fraction of sp³-hybridized carbons (Fsp3) is 0.320. The van der Waals surface area contributed by atoms with Gasteiger partial charge in [0.25, 0.3) is 11.5 Å². The molecule has 7 nitrogen and oxygen atoms in total. The molecule has 1 saturated heterocycles. The Morgan fingerprint density at radius 1 is 1.12 bits per heavy atom. The minimum atomic E-state index is -1.19. The third kappa shape index (κ3) is 3.86. The highest BCUT2D eigenvalue weighted by Crippen LogP contribution is 2.27. The topological polar surface area (TPSA) is 98.1 Å². The zero-order valence-corrected chi connectivity index (χ0v) is 18.4. The second kappa shape index (κ2) is 8.15. The molecule has 2 amide bonds. The third-order valence-corrected chi connectivity index (χ3v) is 6.16. The Kier molecular flexibility index (Phi) is 5.50. The molecule has 7 heteroatoms. The second-order valence-electron chi connectivity index (χ2n) is 8.59. The molecule has 164 valence electrons. The van der Waals surface area contributed by atoms with Crippen LogP contribution in [0.15, 0.2) is 47.3 Å². The number of aromatic nitrogens is 2. The van der Waals surface area contributed by atoms with E-state index in [1.165, 1.54) is 4.57 Å². The summed E-state index contributed by atoms with van der Waals surface area (Å²) in [5, 5.41) is 2.72. The van der Waals surface area contributed by atoms with Crippen molar-refractivity contribution in [1.29, 1.82) is 0 Å². The lowest BCUT2D eigenvalue weighted by atomic mass is 9.90. The highest BCUT2D eigenvalue weighted by Gasteiger charge is 2.42. The molecule has 1 fully saturated rings. The quantitative estimate of drug-likeness (QED) is 0.495. The first-order valence-corrected chi connectivity index (χ1v) is 10.7. The van der Waals surface area contributed by atoms with E-state index in [1.807, 2.05) is 37.3 Å². The number of fused-ring (bicyclic) bond motifs is 1. The number of ketones is 1. The summed E-state index contributed by atoms with van der Waals surface area (Å²) in [6.45, 7) is 5.29. The summed E-state index contributed by atoms with van der Waals surface area (Å²) < 4.78 is 1.39. The smallest absolute Gasteiger partial charge is 0.262 e. The zero-order chi connectivity index (χ0) is 23.0. The molecule has 0 spiro atoms. The van der Waals surface area contributed by atoms with Gasteiger partial charge >= 0.3 is 0 Å². The molecular formula is C25H25N3O4. The van der Waals surface area contributed by atoms with Crippen LogP contribution in [-0.2, 0) is 21.5 Å². The molecule has 2 aromatic carbocycles. The van der Waals surface area contributed by atoms with Crippen molar-refractivity contribution in [2.45, 2.75) is 52.0 Å². The summed E-state index contributed by atoms with van der Waals surface area (Å²) in [5.41, 5.74) is 1.58. The van der Waals surface area contributed by atoms with Gasteiger partial charge in [0.15, 0.2) is 5.78 Å². The Balaban J connectivity index is 1.67. The number of piperidine rings is 1. The average Bonchev–Trinajstić information content (AvgIpc) is 2.75. The van der Waals surface area contributed by atoms with Gasteiger partial charge in [0.05, 0.1) is 10.9 Å². The summed E-state index contributed by atoms with van der Waals surface area (Å²) in [7, 11) is 0. The Morgan fingerprint density at radius 3 is 2.62 bits per heavy atom. The van der Waals surface area contributed by atoms with Gasteiger partial charge in [0.2, 0.25) is 5.91 Å². The lowest BCUT2D eigenvalue weighted by Gasteiger charge is -2.34. The maximum Gasteiger partial charge on any atom is 0.262 e. The maximum absolute atomic E-state index is 13.4. The van der Waals surface area contributed by atoms with Gasteiger partial charge in [-0.25, -0.2) is 4.98 Å². The Hall–Kier alpha value is -3.61. The highest BCUT2D eigenvalue weighted by atomic mass is 16.2. The molecule has 1 aliphatic rings. The van der Waals surface area contributed by atoms with E-state index in [0.29, 0.717) is 35.1 Å². The van der Waals surface area contributed by atoms with Crippen LogP contribution >= 0.6 is 0 Å². The van der Waals surface area contributed by atoms with Crippen LogP contribution in [0.5, 0.6) is 0 Å². The number of rotatable bonds is 5. The van der Waals surface area contributed by atoms with Gasteiger partial charge in [-0.3, -0.25) is 29.1 Å². The molecule has 1 aliphatic heterocycles. The van der Waals surface area contributed by atoms with Gasteiger partial charge in [-0.1, -0.05) is 29.8 Å². The Labute approximate surface area is 185 Å². The van der Waals surface area contributed by atoms with E-state index in [0.717, 1.165) is 11.1 Å². The van der Waals surface area contributed by atoms with Crippen molar-refractivity contribution in [2.75, 3.05) is 0 Å². The number of nitrogens with zero attached hydrogens (tertiary/aromatic N) is 2. The van der Waals surface area contributed by atoms with Crippen LogP contribution in [0, 0.1) is 13.8 Å². The van der Waals surface area contributed by atoms with Crippen LogP contribution in [0.25, 0.3) is 10.9 Å². The minimum Gasteiger partial charge on any atom is -0.294 e. The van der Waals surface area contributed by atoms with Crippen molar-refractivity contribution in [1.82, 2.24) is 14.9 Å². The van der Waals surface area contributed by atoms with Gasteiger partial charge < -0.3 is 0 Å². The summed E-state index contributed by atoms with van der Waals surface area (Å²) in [6.07, 6.45) is 1.20. The lowest BCUT2D eigenvalue weighted by Crippen LogP contribution is -2.56. The summed E-state index contributed by atoms with van der Waals surface area (Å²) in [5.74, 6) is -0.381. The molecule has 1 aromatic heterocycles. The van der Waals surface area contributed by atoms with Crippen molar-refractivity contribution in [3.8, 4) is 0 Å². The van der Waals surface area contributed by atoms with Crippen LogP contribution in [0.1, 0.15) is 53.5 Å². The molecule has 2 heterocycles. The molecule has 0 aliphatic carbocycles. The van der Waals surface area contributed by atoms with Crippen molar-refractivity contribution in [3.63, 3.8) is 0 Å². The monoisotopic (exact) mass is 431 g/mol. The van der Waals surface area contributed by atoms with Crippen LogP contribution in [-0.4, -0.2) is 27.1 Å². The number of aryl methyl sites for hydroxylation is 3. The Morgan fingerprint density at radius 2 is 1.91 bits per heavy atom. The molecule has 0 saturated carbocycles. The van der Waals surface area contributed by atoms with Crippen molar-refractivity contribution < 1.29 is 14.4 Å². The van der Waals surface area contributed by atoms with E-state index in [2.05, 4.69) is 10.3 Å². The standard InChI is InChI=1S/C25H25N3O4/c1-15-5-4-6-18(13-15)21(29)10-8-17-7-9-20-19(14-17)23(31)28(16(2)26-20)25(3)12-11-22(30)27-24(25)32/h4-7,9,13-14H,8,10-12H2,1-3H3,(H,27,30,32)/t25-/m0/s1. The number of hydrogen-bond donors (Lipinski definition) is 1. The van der Waals surface area contributed by atoms with Crippen LogP contribution in [0.2, 0.25) is 0 Å². The normalized spacial score (nSPS) is 18.6. The molecule has 1 N–H and O–H groups in total. The molecule has 1 atom stereocenters. The predicted molar refractivity (Wildman–Crippen MR) is 121 cm³/mol. The minimum absolute atomic E-state index is 0.0456. The van der Waals surface area contributed by atoms with Crippen molar-refractivity contribution in [3.05, 3.63) is 75.3 Å². The van der Waals surface area contributed by atoms with Gasteiger partial charge in [0, 0.05) is 18.4 Å². The number of hydrogen-bond acceptors (Lipinski definition) is 5. The first-order chi connectivity index (χ1) is 15.2. The molecule has 0 radical (unpaired) electrons. The maximum atomic E-state index is 13.4. The van der Waals surface area contributed by atoms with Crippen LogP contribution < -0.4 is 10.9 Å². The largest absolute Gasteiger partial charge is 0.294 e. The number of carbonyl (C=O) groups is 3. The van der Waals surface area contributed by atoms with Gasteiger partial charge in [-0.15, -0.1) is 0 Å². The van der Waals surface area contributed by atoms with Crippen molar-refractivity contribution >= 4 is 28.5 Å². The molecule has 0 unspecified atom stereocenters. The van der Waals surface area contributed by atoms with Gasteiger partial charge in [-0.05, 0) is 57.4 Å². The van der Waals surface area contributed by atoms with E-state index >= 15 is 0 Å². The average molecular weight is 431 g/mol. The fourth-order valence-electron chi connectivity index (χ4n) is 4.31. The molecule has 32 heavy (non-hydrogen) atoms. The molecule has 4 rings (SSSR count). The number of imide groups is 1. The number of Topliss-reactive ketones (excluding diaryl/α,β-unsaturated/α-hetero) is 1. The first-order valence-electron chi connectivity index (χ1n) is 10.7. The van der Waals surface area contributed by atoms with Gasteiger partial charge in [0.1, 0.15) is 11.4 Å². The second-order valence-corrected chi connectivity index (χ2v) is 8.59. The SMILES string of the molecule is Cc1cccc(C(=O)CCc2ccc3nc(C)n([C@@]4(C)CCC(=O)NC4=O)c(=O)c3c2)c1. The predicted octanol–water partition coefficient (Wildman–Crippen LogP) is 2.98. The lowest BCUT2D eigenvalue weighted by molar-refractivity contribution is -0.140. The van der Waals surface area contributed by atoms with E-state index in [-0.39, 0.29) is 30.1 Å². The fourth-order valence-corrected chi connectivity index (χ4v) is 4.31. The number of benzene rings is 2. The first kappa shape index (κ1) is 21.6. The van der Waals surface area contributed by atoms with Crippen molar-refractivity contribution in [2.24, 2.45) is 0 Å². The molecule has 3 aromatic rings. The number of carbonyl (C=O) groups excluding carboxylic acids is 3. The molecular weight excluding hydrogens is 406 g/mol. The number of amides is 2. The van der Waals surface area contributed by atoms with E-state index in [4.69, 9.17) is 0 Å². The summed E-state index contributed by atoms with van der Waals surface area (Å²) >= 11 is 0. The Bertz CT molecular complexity index is 1320. The summed E-state index contributed by atoms with van der Waals surface area (Å²) in [6, 6.07) is 12.9. The van der Waals surface area contributed by atoms with E-state index < -0.39 is 11.4 Å². The summed E-state index contributed by atoms with van der Waals surface area (Å²) in [4.78, 5) is 54.7. The third-order valence-electron chi connectivity index (χ3n) is 6.16. The van der Waals surface area contributed by atoms with Crippen LogP contribution in [0.4, 0.5) is 0 Å². The van der Waals surface area contributed by atoms with E-state index in [9.17, 15) is 19.2 Å². The zero-order valence-electron chi connectivity index (χ0n) is 18.4. The van der Waals surface area contributed by atoms with Crippen LogP contribution in [0.3, 0.4) is 0 Å². The highest BCUT2D eigenvalue weighted by molar-refractivity contribution is 6.01. The molecule has 0 bridgehead atoms.